The SMILES string of the molecule is Cc1noc(C)c1S(=O)(=O)N(C)CC(=O)Nc1ccc(OC(F)(F)F)cc1. The Labute approximate surface area is 152 Å². The molecule has 1 aromatic carbocycles. The smallest absolute Gasteiger partial charge is 0.406 e. The van der Waals surface area contributed by atoms with Gasteiger partial charge in [0, 0.05) is 12.7 Å². The zero-order valence-corrected chi connectivity index (χ0v) is 15.3. The number of nitrogens with one attached hydrogen (secondary N) is 1. The van der Waals surface area contributed by atoms with Gasteiger partial charge < -0.3 is 14.6 Å². The lowest BCUT2D eigenvalue weighted by atomic mass is 10.3. The van der Waals surface area contributed by atoms with Gasteiger partial charge in [-0.2, -0.15) is 4.31 Å². The fourth-order valence-electron chi connectivity index (χ4n) is 2.23. The second-order valence-electron chi connectivity index (χ2n) is 5.53. The van der Waals surface area contributed by atoms with Crippen LogP contribution in [0.15, 0.2) is 33.7 Å². The lowest BCUT2D eigenvalue weighted by Gasteiger charge is -2.16. The summed E-state index contributed by atoms with van der Waals surface area (Å²) in [6, 6.07) is 4.43. The molecule has 148 valence electrons. The number of hydrogen-bond donors (Lipinski definition) is 1. The molecule has 0 aliphatic rings. The summed E-state index contributed by atoms with van der Waals surface area (Å²) in [5.41, 5.74) is 0.345. The number of anilines is 1. The van der Waals surface area contributed by atoms with Gasteiger partial charge in [0.15, 0.2) is 5.76 Å². The van der Waals surface area contributed by atoms with Gasteiger partial charge in [-0.25, -0.2) is 8.42 Å². The van der Waals surface area contributed by atoms with Crippen LogP contribution in [0, 0.1) is 13.8 Å². The number of carbonyl (C=O) groups is 1. The van der Waals surface area contributed by atoms with E-state index in [0.29, 0.717) is 0 Å². The van der Waals surface area contributed by atoms with E-state index in [2.05, 4.69) is 15.2 Å². The van der Waals surface area contributed by atoms with Crippen LogP contribution >= 0.6 is 0 Å². The van der Waals surface area contributed by atoms with E-state index in [1.807, 2.05) is 0 Å². The number of carbonyl (C=O) groups excluding carboxylic acids is 1. The number of aryl methyl sites for hydroxylation is 2. The summed E-state index contributed by atoms with van der Waals surface area (Å²) in [5, 5.41) is 5.96. The Morgan fingerprint density at radius 3 is 2.33 bits per heavy atom. The molecular weight excluding hydrogens is 391 g/mol. The molecule has 0 spiro atoms. The van der Waals surface area contributed by atoms with Crippen LogP contribution in [0.3, 0.4) is 0 Å². The fraction of sp³-hybridized carbons (Fsp3) is 0.333. The van der Waals surface area contributed by atoms with E-state index in [9.17, 15) is 26.4 Å². The van der Waals surface area contributed by atoms with Crippen LogP contribution in [0.2, 0.25) is 0 Å². The summed E-state index contributed by atoms with van der Waals surface area (Å²) in [6.07, 6.45) is -4.82. The first-order valence-corrected chi connectivity index (χ1v) is 8.89. The van der Waals surface area contributed by atoms with Gasteiger partial charge in [0.25, 0.3) is 0 Å². The number of halogens is 3. The van der Waals surface area contributed by atoms with Crippen molar-refractivity contribution in [1.82, 2.24) is 9.46 Å². The maximum Gasteiger partial charge on any atom is 0.573 e. The van der Waals surface area contributed by atoms with Gasteiger partial charge in [-0.3, -0.25) is 4.79 Å². The number of ether oxygens (including phenoxy) is 1. The zero-order valence-electron chi connectivity index (χ0n) is 14.5. The lowest BCUT2D eigenvalue weighted by molar-refractivity contribution is -0.274. The van der Waals surface area contributed by atoms with Gasteiger partial charge in [-0.1, -0.05) is 5.16 Å². The van der Waals surface area contributed by atoms with Gasteiger partial charge in [-0.05, 0) is 38.1 Å². The summed E-state index contributed by atoms with van der Waals surface area (Å²) in [4.78, 5) is 11.9. The number of hydrogen-bond acceptors (Lipinski definition) is 6. The second kappa shape index (κ2) is 7.56. The lowest BCUT2D eigenvalue weighted by Crippen LogP contribution is -2.35. The minimum absolute atomic E-state index is 0.0972. The van der Waals surface area contributed by atoms with Crippen molar-refractivity contribution < 1.29 is 35.6 Å². The molecule has 2 aromatic rings. The van der Waals surface area contributed by atoms with Crippen molar-refractivity contribution in [2.45, 2.75) is 25.1 Å². The van der Waals surface area contributed by atoms with Crippen molar-refractivity contribution >= 4 is 21.6 Å². The molecule has 0 fully saturated rings. The van der Waals surface area contributed by atoms with Crippen molar-refractivity contribution in [3.8, 4) is 5.75 Å². The molecule has 0 unspecified atom stereocenters. The summed E-state index contributed by atoms with van der Waals surface area (Å²) < 4.78 is 70.8. The fourth-order valence-corrected chi connectivity index (χ4v) is 3.64. The summed E-state index contributed by atoms with van der Waals surface area (Å²) in [5.74, 6) is -1.03. The number of benzene rings is 1. The standard InChI is InChI=1S/C15H16F3N3O5S/c1-9-14(10(2)26-20-9)27(23,24)21(3)8-13(22)19-11-4-6-12(7-5-11)25-15(16,17)18/h4-7H,8H2,1-3H3,(H,19,22). The molecule has 27 heavy (non-hydrogen) atoms. The van der Waals surface area contributed by atoms with Crippen molar-refractivity contribution in [2.24, 2.45) is 0 Å². The molecule has 0 bridgehead atoms. The average molecular weight is 407 g/mol. The van der Waals surface area contributed by atoms with E-state index >= 15 is 0 Å². The molecule has 0 radical (unpaired) electrons. The number of likely N-dealkylation sites (N-methyl/N-ethyl adjacent to an activating group) is 1. The summed E-state index contributed by atoms with van der Waals surface area (Å²) in [7, 11) is -2.79. The van der Waals surface area contributed by atoms with E-state index < -0.39 is 34.6 Å². The molecule has 0 atom stereocenters. The van der Waals surface area contributed by atoms with Crippen LogP contribution in [-0.4, -0.2) is 43.7 Å². The molecule has 1 N–H and O–H groups in total. The number of alkyl halides is 3. The Morgan fingerprint density at radius 1 is 1.26 bits per heavy atom. The van der Waals surface area contributed by atoms with Crippen molar-refractivity contribution in [3.05, 3.63) is 35.7 Å². The van der Waals surface area contributed by atoms with E-state index in [4.69, 9.17) is 4.52 Å². The molecule has 0 aliphatic carbocycles. The minimum atomic E-state index is -4.82. The second-order valence-corrected chi connectivity index (χ2v) is 7.52. The first-order chi connectivity index (χ1) is 12.4. The quantitative estimate of drug-likeness (QED) is 0.789. The zero-order chi connectivity index (χ0) is 20.4. The van der Waals surface area contributed by atoms with Crippen LogP contribution in [0.1, 0.15) is 11.5 Å². The summed E-state index contributed by atoms with van der Waals surface area (Å²) >= 11 is 0. The number of amides is 1. The van der Waals surface area contributed by atoms with Crippen LogP contribution in [0.5, 0.6) is 5.75 Å². The third-order valence-corrected chi connectivity index (χ3v) is 5.42. The van der Waals surface area contributed by atoms with E-state index in [0.717, 1.165) is 16.4 Å². The van der Waals surface area contributed by atoms with Crippen LogP contribution in [-0.2, 0) is 14.8 Å². The predicted octanol–water partition coefficient (Wildman–Crippen LogP) is 2.45. The van der Waals surface area contributed by atoms with Crippen LogP contribution in [0.4, 0.5) is 18.9 Å². The van der Waals surface area contributed by atoms with Crippen molar-refractivity contribution in [1.29, 1.82) is 0 Å². The van der Waals surface area contributed by atoms with Crippen molar-refractivity contribution in [2.75, 3.05) is 18.9 Å². The van der Waals surface area contributed by atoms with Gasteiger partial charge in [0.1, 0.15) is 16.3 Å². The van der Waals surface area contributed by atoms with E-state index in [1.165, 1.54) is 33.0 Å². The number of nitrogens with zero attached hydrogens (tertiary/aromatic N) is 2. The molecular formula is C15H16F3N3O5S. The van der Waals surface area contributed by atoms with Gasteiger partial charge in [0.05, 0.1) is 6.54 Å². The largest absolute Gasteiger partial charge is 0.573 e. The molecule has 8 nitrogen and oxygen atoms in total. The van der Waals surface area contributed by atoms with Crippen molar-refractivity contribution in [3.63, 3.8) is 0 Å². The normalized spacial score (nSPS) is 12.3. The Hall–Kier alpha value is -2.60. The highest BCUT2D eigenvalue weighted by Gasteiger charge is 2.31. The third kappa shape index (κ3) is 5.20. The Kier molecular flexibility index (Phi) is 5.80. The highest BCUT2D eigenvalue weighted by atomic mass is 32.2. The molecule has 1 heterocycles. The molecule has 1 aromatic heterocycles. The van der Waals surface area contributed by atoms with Gasteiger partial charge in [-0.15, -0.1) is 13.2 Å². The molecule has 12 heteroatoms. The van der Waals surface area contributed by atoms with Crippen LogP contribution < -0.4 is 10.1 Å². The Morgan fingerprint density at radius 2 is 1.85 bits per heavy atom. The minimum Gasteiger partial charge on any atom is -0.406 e. The molecule has 1 amide bonds. The topological polar surface area (TPSA) is 102 Å². The van der Waals surface area contributed by atoms with E-state index in [1.54, 1.807) is 0 Å². The van der Waals surface area contributed by atoms with Gasteiger partial charge >= 0.3 is 6.36 Å². The highest BCUT2D eigenvalue weighted by molar-refractivity contribution is 7.89. The average Bonchev–Trinajstić information content (AvgIpc) is 2.87. The monoisotopic (exact) mass is 407 g/mol. The van der Waals surface area contributed by atoms with Gasteiger partial charge in [0.2, 0.25) is 15.9 Å². The maximum absolute atomic E-state index is 12.5. The number of rotatable bonds is 6. The molecule has 0 saturated heterocycles. The Balaban J connectivity index is 2.03. The molecule has 0 aliphatic heterocycles. The third-order valence-electron chi connectivity index (χ3n) is 3.37. The first-order valence-electron chi connectivity index (χ1n) is 7.45. The number of sulfonamides is 1. The summed E-state index contributed by atoms with van der Waals surface area (Å²) in [6.45, 7) is 2.38. The van der Waals surface area contributed by atoms with Crippen LogP contribution in [0.25, 0.3) is 0 Å². The molecule has 0 saturated carbocycles. The van der Waals surface area contributed by atoms with E-state index in [-0.39, 0.29) is 22.0 Å². The maximum atomic E-state index is 12.5. The first kappa shape index (κ1) is 20.7. The predicted molar refractivity (Wildman–Crippen MR) is 87.5 cm³/mol. The molecule has 2 rings (SSSR count). The highest BCUT2D eigenvalue weighted by Crippen LogP contribution is 2.24. The number of aromatic nitrogens is 1. The Bertz CT molecular complexity index is 904.